The Labute approximate surface area is 246 Å². The Morgan fingerprint density at radius 3 is 2.79 bits per heavy atom. The number of carbonyl (C=O) groups excluding carboxylic acids is 1. The third-order valence-corrected chi connectivity index (χ3v) is 8.01. The minimum Gasteiger partial charge on any atom is -0.384 e. The first-order valence-corrected chi connectivity index (χ1v) is 14.2. The predicted octanol–water partition coefficient (Wildman–Crippen LogP) is 4.49. The van der Waals surface area contributed by atoms with Crippen LogP contribution in [0.3, 0.4) is 0 Å². The van der Waals surface area contributed by atoms with Gasteiger partial charge in [-0.3, -0.25) is 4.79 Å². The number of carbonyl (C=O) groups is 1. The molecule has 5 heterocycles. The fourth-order valence-corrected chi connectivity index (χ4v) is 5.94. The van der Waals surface area contributed by atoms with Crippen LogP contribution in [0, 0.1) is 11.6 Å². The normalized spacial score (nSPS) is 18.9. The lowest BCUT2D eigenvalue weighted by atomic mass is 10.1. The number of aromatic nitrogens is 5. The van der Waals surface area contributed by atoms with Crippen molar-refractivity contribution in [2.75, 3.05) is 42.2 Å². The molecular weight excluding hydrogens is 552 g/mol. The molecule has 5 aromatic rings. The van der Waals surface area contributed by atoms with Gasteiger partial charge in [-0.1, -0.05) is 24.3 Å². The number of rotatable bonds is 2. The van der Waals surface area contributed by atoms with Crippen molar-refractivity contribution < 1.29 is 13.6 Å². The largest absolute Gasteiger partial charge is 0.384 e. The molecule has 2 aliphatic rings. The number of hydrogen-bond acceptors (Lipinski definition) is 8. The Kier molecular flexibility index (Phi) is 6.80. The van der Waals surface area contributed by atoms with Crippen molar-refractivity contribution in [2.45, 2.75) is 24.9 Å². The topological polar surface area (TPSA) is 104 Å². The summed E-state index contributed by atoms with van der Waals surface area (Å²) >= 11 is 0. The Balaban J connectivity index is 1.27. The Bertz CT molecular complexity index is 1830. The lowest BCUT2D eigenvalue weighted by Crippen LogP contribution is -2.45. The number of amides is 1. The molecule has 3 aromatic heterocycles. The molecule has 1 fully saturated rings. The highest BCUT2D eigenvalue weighted by Gasteiger charge is 2.40. The average molecular weight is 582 g/mol. The average Bonchev–Trinajstić information content (AvgIpc) is 3.63. The van der Waals surface area contributed by atoms with E-state index >= 15 is 0 Å². The molecule has 0 saturated carbocycles. The van der Waals surface area contributed by atoms with Crippen LogP contribution < -0.4 is 15.5 Å². The highest BCUT2D eigenvalue weighted by Crippen LogP contribution is 2.33. The number of fused-ring (bicyclic) bond motifs is 7. The molecule has 0 aliphatic carbocycles. The van der Waals surface area contributed by atoms with Crippen LogP contribution in [0.5, 0.6) is 0 Å². The smallest absolute Gasteiger partial charge is 0.245 e. The second-order valence-corrected chi connectivity index (χ2v) is 10.8. The highest BCUT2D eigenvalue weighted by atomic mass is 19.1. The summed E-state index contributed by atoms with van der Waals surface area (Å²) in [6.07, 6.45) is 4.21. The Morgan fingerprint density at radius 2 is 1.91 bits per heavy atom. The number of nitrogens with zero attached hydrogens (tertiary/aromatic N) is 7. The van der Waals surface area contributed by atoms with Crippen molar-refractivity contribution in [3.8, 4) is 16.9 Å². The fourth-order valence-electron chi connectivity index (χ4n) is 5.94. The van der Waals surface area contributed by atoms with Crippen LogP contribution in [-0.2, 0) is 4.79 Å². The minimum atomic E-state index is -0.759. The lowest BCUT2D eigenvalue weighted by molar-refractivity contribution is -0.131. The summed E-state index contributed by atoms with van der Waals surface area (Å²) in [7, 11) is 1.82. The maximum Gasteiger partial charge on any atom is 0.245 e. The first-order chi connectivity index (χ1) is 21.0. The SMILES string of the molecule is CN1CCCNc2ccccc2-c2cccc(n2)NC2CC(C1=O)N(c1ncnc3c1cnn3-c1ccc(F)cc1F)C2. The van der Waals surface area contributed by atoms with E-state index in [1.165, 1.54) is 23.1 Å². The van der Waals surface area contributed by atoms with E-state index in [1.807, 2.05) is 54.4 Å². The number of likely N-dealkylation sites (N-methyl/N-ethyl adjacent to an activating group) is 1. The molecule has 2 N–H and O–H groups in total. The third-order valence-electron chi connectivity index (χ3n) is 8.01. The monoisotopic (exact) mass is 581 g/mol. The Morgan fingerprint density at radius 1 is 1.02 bits per heavy atom. The van der Waals surface area contributed by atoms with Crippen LogP contribution in [-0.4, -0.2) is 74.3 Å². The number of pyridine rings is 1. The first-order valence-electron chi connectivity index (χ1n) is 14.2. The van der Waals surface area contributed by atoms with Gasteiger partial charge >= 0.3 is 0 Å². The van der Waals surface area contributed by atoms with E-state index in [2.05, 4.69) is 25.7 Å². The zero-order valence-corrected chi connectivity index (χ0v) is 23.4. The summed E-state index contributed by atoms with van der Waals surface area (Å²) in [6.45, 7) is 1.73. The third kappa shape index (κ3) is 4.98. The van der Waals surface area contributed by atoms with Gasteiger partial charge in [0.15, 0.2) is 11.5 Å². The van der Waals surface area contributed by atoms with E-state index in [-0.39, 0.29) is 17.6 Å². The van der Waals surface area contributed by atoms with Crippen molar-refractivity contribution in [3.05, 3.63) is 84.8 Å². The van der Waals surface area contributed by atoms with Crippen LogP contribution in [0.25, 0.3) is 28.0 Å². The van der Waals surface area contributed by atoms with Crippen molar-refractivity contribution in [2.24, 2.45) is 0 Å². The highest BCUT2D eigenvalue weighted by molar-refractivity contribution is 5.92. The van der Waals surface area contributed by atoms with Crippen molar-refractivity contribution in [3.63, 3.8) is 0 Å². The number of nitrogens with one attached hydrogen (secondary N) is 2. The molecule has 2 unspecified atom stereocenters. The van der Waals surface area contributed by atoms with Crippen molar-refractivity contribution >= 4 is 34.3 Å². The van der Waals surface area contributed by atoms with Crippen LogP contribution in [0.4, 0.5) is 26.1 Å². The molecule has 2 atom stereocenters. The summed E-state index contributed by atoms with van der Waals surface area (Å²) in [5.41, 5.74) is 3.28. The molecule has 4 bridgehead atoms. The lowest BCUT2D eigenvalue weighted by Gasteiger charge is -2.29. The number of benzene rings is 2. The zero-order chi connectivity index (χ0) is 29.5. The molecule has 43 heavy (non-hydrogen) atoms. The summed E-state index contributed by atoms with van der Waals surface area (Å²) in [6, 6.07) is 16.6. The quantitative estimate of drug-likeness (QED) is 0.315. The van der Waals surface area contributed by atoms with Gasteiger partial charge in [0.05, 0.1) is 17.3 Å². The molecule has 0 spiro atoms. The van der Waals surface area contributed by atoms with Gasteiger partial charge in [0, 0.05) is 50.0 Å². The van der Waals surface area contributed by atoms with Crippen LogP contribution >= 0.6 is 0 Å². The molecule has 2 aromatic carbocycles. The molecule has 1 amide bonds. The van der Waals surface area contributed by atoms with Crippen LogP contribution in [0.2, 0.25) is 0 Å². The summed E-state index contributed by atoms with van der Waals surface area (Å²) < 4.78 is 29.6. The molecule has 218 valence electrons. The number of halogens is 2. The van der Waals surface area contributed by atoms with Crippen molar-refractivity contribution in [1.29, 1.82) is 0 Å². The molecule has 0 radical (unpaired) electrons. The summed E-state index contributed by atoms with van der Waals surface area (Å²) in [4.78, 5) is 31.5. The maximum absolute atomic E-state index is 14.7. The van der Waals surface area contributed by atoms with E-state index < -0.39 is 17.7 Å². The van der Waals surface area contributed by atoms with Gasteiger partial charge in [0.2, 0.25) is 5.91 Å². The standard InChI is InChI=1S/C31H29F2N9O/c1-40-13-5-12-34-24-7-3-2-6-21(24)25-8-4-9-28(39-25)38-20-15-27(31(40)43)41(17-20)29-22-16-37-42(30(22)36-18-35-29)26-11-10-19(32)14-23(26)33/h2-4,6-11,14,16,18,20,27,34H,5,12-13,15,17H2,1H3,(H,38,39). The summed E-state index contributed by atoms with van der Waals surface area (Å²) in [5.74, 6) is -0.232. The van der Waals surface area contributed by atoms with E-state index in [1.54, 1.807) is 11.1 Å². The van der Waals surface area contributed by atoms with Gasteiger partial charge in [-0.25, -0.2) is 28.4 Å². The van der Waals surface area contributed by atoms with Crippen LogP contribution in [0.1, 0.15) is 12.8 Å². The molecular formula is C31H29F2N9O. The zero-order valence-electron chi connectivity index (χ0n) is 23.4. The van der Waals surface area contributed by atoms with Gasteiger partial charge in [-0.15, -0.1) is 0 Å². The second-order valence-electron chi connectivity index (χ2n) is 10.8. The molecule has 7 rings (SSSR count). The second kappa shape index (κ2) is 10.9. The number of hydrogen-bond donors (Lipinski definition) is 2. The summed E-state index contributed by atoms with van der Waals surface area (Å²) in [5, 5.41) is 12.0. The molecule has 10 nitrogen and oxygen atoms in total. The minimum absolute atomic E-state index is 0.0231. The van der Waals surface area contributed by atoms with E-state index in [0.29, 0.717) is 48.7 Å². The fraction of sp³-hybridized carbons (Fsp3) is 0.258. The van der Waals surface area contributed by atoms with Gasteiger partial charge in [0.25, 0.3) is 0 Å². The molecule has 12 heteroatoms. The first kappa shape index (κ1) is 26.7. The van der Waals surface area contributed by atoms with E-state index in [0.717, 1.165) is 29.4 Å². The predicted molar refractivity (Wildman–Crippen MR) is 160 cm³/mol. The van der Waals surface area contributed by atoms with Crippen molar-refractivity contribution in [1.82, 2.24) is 29.6 Å². The Hall–Kier alpha value is -5.13. The number of anilines is 3. The van der Waals surface area contributed by atoms with Crippen LogP contribution in [0.15, 0.2) is 73.2 Å². The number of para-hydroxylation sites is 1. The van der Waals surface area contributed by atoms with Gasteiger partial charge in [0.1, 0.15) is 35.5 Å². The maximum atomic E-state index is 14.7. The van der Waals surface area contributed by atoms with Gasteiger partial charge < -0.3 is 20.4 Å². The van der Waals surface area contributed by atoms with E-state index in [9.17, 15) is 13.6 Å². The molecule has 1 saturated heterocycles. The van der Waals surface area contributed by atoms with Gasteiger partial charge in [-0.2, -0.15) is 5.10 Å². The van der Waals surface area contributed by atoms with E-state index in [4.69, 9.17) is 4.98 Å². The molecule has 2 aliphatic heterocycles. The van der Waals surface area contributed by atoms with Gasteiger partial charge in [-0.05, 0) is 43.2 Å².